The van der Waals surface area contributed by atoms with Gasteiger partial charge in [-0.1, -0.05) is 109 Å². The highest BCUT2D eigenvalue weighted by atomic mass is 19.1. The van der Waals surface area contributed by atoms with Gasteiger partial charge in [-0.3, -0.25) is 14.4 Å². The Morgan fingerprint density at radius 1 is 0.956 bits per heavy atom. The molecule has 3 fully saturated rings. The molecule has 8 atom stereocenters. The minimum atomic E-state index is -2.02. The Morgan fingerprint density at radius 3 is 2.13 bits per heavy atom. The van der Waals surface area contributed by atoms with E-state index in [1.54, 1.807) is 26.8 Å². The van der Waals surface area contributed by atoms with E-state index in [0.29, 0.717) is 31.3 Å². The number of carbonyl (C=O) groups is 3. The Labute approximate surface area is 270 Å². The summed E-state index contributed by atoms with van der Waals surface area (Å²) in [5.74, 6) is -2.59. The zero-order valence-corrected chi connectivity index (χ0v) is 28.4. The highest BCUT2D eigenvalue weighted by molar-refractivity contribution is 6.01. The van der Waals surface area contributed by atoms with E-state index in [2.05, 4.69) is 6.92 Å². The van der Waals surface area contributed by atoms with Crippen molar-refractivity contribution in [2.75, 3.05) is 6.61 Å². The molecule has 0 radical (unpaired) electrons. The summed E-state index contributed by atoms with van der Waals surface area (Å²) in [5.41, 5.74) is -5.36. The number of halogens is 1. The lowest BCUT2D eigenvalue weighted by molar-refractivity contribution is -0.220. The van der Waals surface area contributed by atoms with Crippen molar-refractivity contribution in [1.82, 2.24) is 0 Å². The van der Waals surface area contributed by atoms with Crippen LogP contribution in [0.5, 0.6) is 0 Å². The maximum Gasteiger partial charge on any atom is 0.306 e. The van der Waals surface area contributed by atoms with Gasteiger partial charge in [0.2, 0.25) is 5.78 Å². The van der Waals surface area contributed by atoms with Crippen LogP contribution in [0.4, 0.5) is 4.39 Å². The van der Waals surface area contributed by atoms with Crippen molar-refractivity contribution in [3.63, 3.8) is 0 Å². The molecule has 0 aliphatic heterocycles. The van der Waals surface area contributed by atoms with Gasteiger partial charge in [0.05, 0.1) is 6.10 Å². The third-order valence-electron chi connectivity index (χ3n) is 12.5. The summed E-state index contributed by atoms with van der Waals surface area (Å²) in [6, 6.07) is 0. The molecule has 3 saturated carbocycles. The van der Waals surface area contributed by atoms with E-state index in [4.69, 9.17) is 4.74 Å². The van der Waals surface area contributed by atoms with Crippen LogP contribution in [0.3, 0.4) is 0 Å². The molecule has 4 aliphatic carbocycles. The number of hydrogen-bond donors (Lipinski definition) is 2. The standard InChI is InChI=1S/C38H59FO6/c1-5-6-7-8-9-10-11-12-13-14-15-16-17-18-34(43)45-26-33(42)38(44)27(2)23-31-30-20-19-28-24-29(40)21-22-35(28,3)37(30,39)32(41)25-36(31,38)4/h21-22,24,27,30-32,41,44H,5-20,23,25-26H2,1-4H3. The lowest BCUT2D eigenvalue weighted by atomic mass is 9.44. The number of Topliss-reactive ketones (excluding diaryl/α,β-unsaturated/α-hetero) is 1. The molecular weight excluding hydrogens is 571 g/mol. The number of esters is 1. The van der Waals surface area contributed by atoms with Crippen molar-refractivity contribution < 1.29 is 33.7 Å². The minimum absolute atomic E-state index is 0.0885. The maximum absolute atomic E-state index is 17.3. The number of carbonyl (C=O) groups excluding carboxylic acids is 3. The molecule has 0 saturated heterocycles. The van der Waals surface area contributed by atoms with Crippen LogP contribution in [0.25, 0.3) is 0 Å². The van der Waals surface area contributed by atoms with Crippen LogP contribution in [0.1, 0.15) is 143 Å². The molecule has 0 aromatic carbocycles. The Bertz CT molecular complexity index is 1130. The second kappa shape index (κ2) is 14.9. The van der Waals surface area contributed by atoms with E-state index in [-0.39, 0.29) is 24.5 Å². The molecule has 4 aliphatic rings. The summed E-state index contributed by atoms with van der Waals surface area (Å²) in [6.45, 7) is 7.08. The lowest BCUT2D eigenvalue weighted by Gasteiger charge is -2.62. The van der Waals surface area contributed by atoms with E-state index in [9.17, 15) is 24.6 Å². The number of allylic oxidation sites excluding steroid dienone is 4. The molecule has 0 amide bonds. The highest BCUT2D eigenvalue weighted by Gasteiger charge is 2.75. The fourth-order valence-electron chi connectivity index (χ4n) is 9.76. The Balaban J connectivity index is 1.24. The molecule has 0 bridgehead atoms. The smallest absolute Gasteiger partial charge is 0.306 e. The molecule has 0 spiro atoms. The van der Waals surface area contributed by atoms with Crippen molar-refractivity contribution in [3.8, 4) is 0 Å². The van der Waals surface area contributed by atoms with Gasteiger partial charge in [-0.25, -0.2) is 4.39 Å². The molecule has 4 rings (SSSR count). The molecule has 6 nitrogen and oxygen atoms in total. The molecule has 7 heteroatoms. The molecule has 2 N–H and O–H groups in total. The first kappa shape index (κ1) is 36.0. The van der Waals surface area contributed by atoms with Crippen molar-refractivity contribution in [1.29, 1.82) is 0 Å². The number of ether oxygens (including phenoxy) is 1. The van der Waals surface area contributed by atoms with E-state index < -0.39 is 58.4 Å². The molecule has 45 heavy (non-hydrogen) atoms. The highest BCUT2D eigenvalue weighted by Crippen LogP contribution is 2.70. The van der Waals surface area contributed by atoms with Gasteiger partial charge < -0.3 is 14.9 Å². The van der Waals surface area contributed by atoms with Gasteiger partial charge in [0.15, 0.2) is 18.1 Å². The van der Waals surface area contributed by atoms with Crippen LogP contribution < -0.4 is 0 Å². The number of fused-ring (bicyclic) bond motifs is 5. The minimum Gasteiger partial charge on any atom is -0.458 e. The number of rotatable bonds is 17. The number of hydrogen-bond acceptors (Lipinski definition) is 6. The zero-order valence-electron chi connectivity index (χ0n) is 28.4. The number of aliphatic hydroxyl groups is 2. The predicted molar refractivity (Wildman–Crippen MR) is 174 cm³/mol. The second-order valence-corrected chi connectivity index (χ2v) is 15.2. The number of ketones is 2. The van der Waals surface area contributed by atoms with E-state index >= 15 is 4.39 Å². The van der Waals surface area contributed by atoms with Crippen LogP contribution in [-0.4, -0.2) is 51.7 Å². The van der Waals surface area contributed by atoms with Gasteiger partial charge in [0, 0.05) is 23.2 Å². The summed E-state index contributed by atoms with van der Waals surface area (Å²) in [5, 5.41) is 23.6. The maximum atomic E-state index is 17.3. The quantitative estimate of drug-likeness (QED) is 0.125. The normalized spacial score (nSPS) is 37.0. The Morgan fingerprint density at radius 2 is 1.53 bits per heavy atom. The van der Waals surface area contributed by atoms with E-state index in [1.165, 1.54) is 76.4 Å². The van der Waals surface area contributed by atoms with Crippen molar-refractivity contribution in [2.24, 2.45) is 28.6 Å². The monoisotopic (exact) mass is 630 g/mol. The first-order valence-electron chi connectivity index (χ1n) is 18.1. The zero-order chi connectivity index (χ0) is 32.9. The molecule has 0 aromatic heterocycles. The lowest BCUT2D eigenvalue weighted by Crippen LogP contribution is -2.69. The largest absolute Gasteiger partial charge is 0.458 e. The number of alkyl halides is 1. The predicted octanol–water partition coefficient (Wildman–Crippen LogP) is 7.93. The van der Waals surface area contributed by atoms with Crippen LogP contribution in [0, 0.1) is 28.6 Å². The Kier molecular flexibility index (Phi) is 11.9. The van der Waals surface area contributed by atoms with Gasteiger partial charge in [-0.05, 0) is 63.0 Å². The van der Waals surface area contributed by atoms with Crippen LogP contribution in [0.2, 0.25) is 0 Å². The summed E-state index contributed by atoms with van der Waals surface area (Å²) in [7, 11) is 0. The summed E-state index contributed by atoms with van der Waals surface area (Å²) in [4.78, 5) is 38.2. The average molecular weight is 631 g/mol. The van der Waals surface area contributed by atoms with Gasteiger partial charge in [-0.15, -0.1) is 0 Å². The van der Waals surface area contributed by atoms with Crippen LogP contribution in [0.15, 0.2) is 23.8 Å². The number of aliphatic hydroxyl groups excluding tert-OH is 1. The summed E-state index contributed by atoms with van der Waals surface area (Å²) < 4.78 is 22.7. The molecule has 8 unspecified atom stereocenters. The first-order valence-corrected chi connectivity index (χ1v) is 18.1. The van der Waals surface area contributed by atoms with Gasteiger partial charge in [-0.2, -0.15) is 0 Å². The van der Waals surface area contributed by atoms with Gasteiger partial charge >= 0.3 is 5.97 Å². The fraction of sp³-hybridized carbons (Fsp3) is 0.816. The fourth-order valence-corrected chi connectivity index (χ4v) is 9.76. The molecule has 0 aromatic rings. The second-order valence-electron chi connectivity index (χ2n) is 15.2. The third-order valence-corrected chi connectivity index (χ3v) is 12.5. The summed E-state index contributed by atoms with van der Waals surface area (Å²) in [6.07, 6.45) is 20.4. The van der Waals surface area contributed by atoms with Crippen molar-refractivity contribution >= 4 is 17.5 Å². The van der Waals surface area contributed by atoms with Crippen molar-refractivity contribution in [3.05, 3.63) is 23.8 Å². The first-order chi connectivity index (χ1) is 21.4. The number of unbranched alkanes of at least 4 members (excludes halogenated alkanes) is 12. The topological polar surface area (TPSA) is 101 Å². The molecule has 0 heterocycles. The molecule has 254 valence electrons. The SMILES string of the molecule is CCCCCCCCCCCCCCCC(=O)OCC(=O)C1(O)C(C)CC2C3CCC4=CC(=O)C=CC4(C)C3(F)C(O)CC21C. The van der Waals surface area contributed by atoms with E-state index in [0.717, 1.165) is 12.8 Å². The van der Waals surface area contributed by atoms with E-state index in [1.807, 2.05) is 0 Å². The average Bonchev–Trinajstić information content (AvgIpc) is 3.20. The molecular formula is C38H59FO6. The summed E-state index contributed by atoms with van der Waals surface area (Å²) >= 11 is 0. The van der Waals surface area contributed by atoms with Crippen LogP contribution >= 0.6 is 0 Å². The third kappa shape index (κ3) is 6.77. The van der Waals surface area contributed by atoms with Gasteiger partial charge in [0.1, 0.15) is 5.60 Å². The Hall–Kier alpha value is -1.86. The van der Waals surface area contributed by atoms with Crippen LogP contribution in [-0.2, 0) is 19.1 Å². The van der Waals surface area contributed by atoms with Crippen molar-refractivity contribution in [2.45, 2.75) is 161 Å². The van der Waals surface area contributed by atoms with Gasteiger partial charge in [0.25, 0.3) is 0 Å².